The highest BCUT2D eigenvalue weighted by Crippen LogP contribution is 2.49. The predicted molar refractivity (Wildman–Crippen MR) is 77.1 cm³/mol. The van der Waals surface area contributed by atoms with Gasteiger partial charge in [0.2, 0.25) is 0 Å². The van der Waals surface area contributed by atoms with E-state index in [2.05, 4.69) is 5.10 Å². The topological polar surface area (TPSA) is 106 Å². The van der Waals surface area contributed by atoms with E-state index in [1.807, 2.05) is 12.2 Å². The third-order valence-corrected chi connectivity index (χ3v) is 4.83. The van der Waals surface area contributed by atoms with E-state index >= 15 is 0 Å². The second-order valence-electron chi connectivity index (χ2n) is 6.01. The smallest absolute Gasteiger partial charge is 0.400 e. The second-order valence-corrected chi connectivity index (χ2v) is 6.01. The first-order valence-electron chi connectivity index (χ1n) is 7.40. The fraction of sp³-hybridized carbons (Fsp3) is 0.400. The number of nitro groups is 1. The van der Waals surface area contributed by atoms with Gasteiger partial charge in [-0.25, -0.2) is 0 Å². The van der Waals surface area contributed by atoms with E-state index in [0.717, 1.165) is 24.1 Å². The molecule has 1 saturated heterocycles. The van der Waals surface area contributed by atoms with Gasteiger partial charge >= 0.3 is 5.88 Å². The number of furan rings is 1. The summed E-state index contributed by atoms with van der Waals surface area (Å²) >= 11 is 0. The van der Waals surface area contributed by atoms with Gasteiger partial charge in [0.25, 0.3) is 11.8 Å². The Balaban J connectivity index is 1.58. The number of imide groups is 1. The maximum Gasteiger partial charge on any atom is 0.433 e. The first-order valence-corrected chi connectivity index (χ1v) is 7.40. The van der Waals surface area contributed by atoms with Crippen molar-refractivity contribution in [2.24, 2.45) is 28.8 Å². The monoisotopic (exact) mass is 315 g/mol. The van der Waals surface area contributed by atoms with Crippen LogP contribution >= 0.6 is 0 Å². The van der Waals surface area contributed by atoms with Gasteiger partial charge in [0.15, 0.2) is 5.76 Å². The van der Waals surface area contributed by atoms with Gasteiger partial charge in [0.1, 0.15) is 4.92 Å². The van der Waals surface area contributed by atoms with Crippen molar-refractivity contribution in [3.63, 3.8) is 0 Å². The van der Waals surface area contributed by atoms with Crippen molar-refractivity contribution in [1.29, 1.82) is 0 Å². The molecule has 0 spiro atoms. The van der Waals surface area contributed by atoms with Gasteiger partial charge < -0.3 is 4.42 Å². The highest BCUT2D eigenvalue weighted by molar-refractivity contribution is 6.06. The van der Waals surface area contributed by atoms with Crippen LogP contribution in [0.1, 0.15) is 18.6 Å². The molecule has 4 unspecified atom stereocenters. The van der Waals surface area contributed by atoms with Crippen molar-refractivity contribution in [1.82, 2.24) is 5.01 Å². The lowest BCUT2D eigenvalue weighted by Crippen LogP contribution is -2.38. The minimum atomic E-state index is -0.665. The molecule has 2 fully saturated rings. The number of carbonyl (C=O) groups is 2. The summed E-state index contributed by atoms with van der Waals surface area (Å²) < 4.78 is 4.94. The lowest BCUT2D eigenvalue weighted by molar-refractivity contribution is -0.402. The number of nitrogens with zero attached hydrogens (tertiary/aromatic N) is 3. The van der Waals surface area contributed by atoms with E-state index in [1.165, 1.54) is 12.1 Å². The largest absolute Gasteiger partial charge is 0.433 e. The van der Waals surface area contributed by atoms with Crippen LogP contribution in [0.15, 0.2) is 33.8 Å². The zero-order valence-electron chi connectivity index (χ0n) is 12.0. The van der Waals surface area contributed by atoms with Crippen LogP contribution in [0.2, 0.25) is 0 Å². The van der Waals surface area contributed by atoms with Crippen LogP contribution in [0.5, 0.6) is 0 Å². The van der Waals surface area contributed by atoms with E-state index in [0.29, 0.717) is 0 Å². The predicted octanol–water partition coefficient (Wildman–Crippen LogP) is 1.72. The van der Waals surface area contributed by atoms with Crippen LogP contribution in [0.25, 0.3) is 0 Å². The molecule has 23 heavy (non-hydrogen) atoms. The molecular weight excluding hydrogens is 302 g/mol. The molecule has 8 heteroatoms. The lowest BCUT2D eigenvalue weighted by Gasteiger charge is -2.37. The van der Waals surface area contributed by atoms with Gasteiger partial charge in [-0.15, -0.1) is 0 Å². The fourth-order valence-electron chi connectivity index (χ4n) is 3.80. The molecule has 4 atom stereocenters. The fourth-order valence-corrected chi connectivity index (χ4v) is 3.80. The van der Waals surface area contributed by atoms with Gasteiger partial charge in [0, 0.05) is 0 Å². The van der Waals surface area contributed by atoms with Crippen LogP contribution < -0.4 is 0 Å². The van der Waals surface area contributed by atoms with E-state index in [1.54, 1.807) is 0 Å². The van der Waals surface area contributed by atoms with E-state index < -0.39 is 10.8 Å². The van der Waals surface area contributed by atoms with Gasteiger partial charge in [-0.3, -0.25) is 19.7 Å². The normalized spacial score (nSPS) is 32.1. The molecule has 0 aromatic carbocycles. The Morgan fingerprint density at radius 2 is 1.78 bits per heavy atom. The maximum atomic E-state index is 12.5. The third-order valence-electron chi connectivity index (χ3n) is 4.83. The Labute approximate surface area is 130 Å². The SMILES string of the molecule is O=C1C2C3C=CC(CC3)C2C(=O)N1N=Cc1ccc([N+](=O)[O-])o1. The van der Waals surface area contributed by atoms with Crippen molar-refractivity contribution in [3.8, 4) is 0 Å². The highest BCUT2D eigenvalue weighted by atomic mass is 16.6. The molecule has 1 aromatic heterocycles. The molecule has 5 rings (SSSR count). The van der Waals surface area contributed by atoms with Crippen molar-refractivity contribution < 1.29 is 18.9 Å². The average Bonchev–Trinajstić information content (AvgIpc) is 3.13. The first-order chi connectivity index (χ1) is 11.1. The standard InChI is InChI=1S/C15H13N3O5/c19-14-12-8-1-2-9(4-3-8)13(12)15(20)17(14)16-7-10-5-6-11(23-10)18(21)22/h1-2,5-9,12-13H,3-4H2. The molecule has 118 valence electrons. The number of carbonyl (C=O) groups excluding carboxylic acids is 2. The number of hydrogen-bond donors (Lipinski definition) is 0. The quantitative estimate of drug-likeness (QED) is 0.277. The molecule has 1 aliphatic heterocycles. The van der Waals surface area contributed by atoms with Crippen LogP contribution in [0.3, 0.4) is 0 Å². The summed E-state index contributed by atoms with van der Waals surface area (Å²) in [7, 11) is 0. The van der Waals surface area contributed by atoms with Crippen LogP contribution in [-0.2, 0) is 9.59 Å². The molecular formula is C15H13N3O5. The maximum absolute atomic E-state index is 12.5. The molecule has 3 aliphatic carbocycles. The molecule has 2 amide bonds. The molecule has 2 heterocycles. The van der Waals surface area contributed by atoms with E-state index in [4.69, 9.17) is 4.42 Å². The summed E-state index contributed by atoms with van der Waals surface area (Å²) in [6.07, 6.45) is 7.06. The van der Waals surface area contributed by atoms with Crippen LogP contribution in [0.4, 0.5) is 5.88 Å². The highest BCUT2D eigenvalue weighted by Gasteiger charge is 2.56. The van der Waals surface area contributed by atoms with Crippen molar-refractivity contribution in [2.75, 3.05) is 0 Å². The molecule has 8 nitrogen and oxygen atoms in total. The van der Waals surface area contributed by atoms with Crippen molar-refractivity contribution >= 4 is 23.9 Å². The third kappa shape index (κ3) is 2.01. The minimum absolute atomic E-state index is 0.103. The van der Waals surface area contributed by atoms with Gasteiger partial charge in [-0.05, 0) is 30.7 Å². The Morgan fingerprint density at radius 3 is 2.26 bits per heavy atom. The number of hydrazone groups is 1. The molecule has 4 aliphatic rings. The summed E-state index contributed by atoms with van der Waals surface area (Å²) in [6.45, 7) is 0. The zero-order chi connectivity index (χ0) is 16.1. The van der Waals surface area contributed by atoms with E-state index in [-0.39, 0.29) is 41.2 Å². The van der Waals surface area contributed by atoms with Crippen LogP contribution in [0, 0.1) is 33.8 Å². The lowest BCUT2D eigenvalue weighted by atomic mass is 9.63. The van der Waals surface area contributed by atoms with Gasteiger partial charge in [-0.1, -0.05) is 12.2 Å². The second kappa shape index (κ2) is 4.87. The number of amides is 2. The number of rotatable bonds is 3. The van der Waals surface area contributed by atoms with Gasteiger partial charge in [-0.2, -0.15) is 10.1 Å². The number of fused-ring (bicyclic) bond motifs is 1. The van der Waals surface area contributed by atoms with Crippen molar-refractivity contribution in [2.45, 2.75) is 12.8 Å². The van der Waals surface area contributed by atoms with Crippen molar-refractivity contribution in [3.05, 3.63) is 40.2 Å². The Kier molecular flexibility index (Phi) is 2.93. The zero-order valence-corrected chi connectivity index (χ0v) is 12.0. The Morgan fingerprint density at radius 1 is 1.17 bits per heavy atom. The molecule has 1 aromatic rings. The number of allylic oxidation sites excluding steroid dienone is 2. The molecule has 0 radical (unpaired) electrons. The molecule has 1 saturated carbocycles. The summed E-state index contributed by atoms with van der Waals surface area (Å²) in [5.41, 5.74) is 0. The minimum Gasteiger partial charge on any atom is -0.400 e. The summed E-state index contributed by atoms with van der Waals surface area (Å²) in [6, 6.07) is 2.56. The summed E-state index contributed by atoms with van der Waals surface area (Å²) in [5.74, 6) is -1.33. The molecule has 2 bridgehead atoms. The summed E-state index contributed by atoms with van der Waals surface area (Å²) in [5, 5.41) is 15.4. The first kappa shape index (κ1) is 13.9. The van der Waals surface area contributed by atoms with E-state index in [9.17, 15) is 19.7 Å². The summed E-state index contributed by atoms with van der Waals surface area (Å²) in [4.78, 5) is 34.9. The Hall–Kier alpha value is -2.77. The van der Waals surface area contributed by atoms with Gasteiger partial charge in [0.05, 0.1) is 24.1 Å². The van der Waals surface area contributed by atoms with Crippen LogP contribution in [-0.4, -0.2) is 28.0 Å². The Bertz CT molecular complexity index is 733. The molecule has 0 N–H and O–H groups in total. The number of hydrogen-bond acceptors (Lipinski definition) is 6. The average molecular weight is 315 g/mol.